The SMILES string of the molecule is COc1cc(OC)c(NC2CCCN(C)C2)cc1Cl. The van der Waals surface area contributed by atoms with Crippen LogP contribution in [0.2, 0.25) is 5.02 Å². The van der Waals surface area contributed by atoms with E-state index in [9.17, 15) is 0 Å². The van der Waals surface area contributed by atoms with Gasteiger partial charge in [-0.15, -0.1) is 0 Å². The highest BCUT2D eigenvalue weighted by molar-refractivity contribution is 6.32. The van der Waals surface area contributed by atoms with Crippen LogP contribution in [-0.2, 0) is 0 Å². The van der Waals surface area contributed by atoms with Crippen molar-refractivity contribution in [2.45, 2.75) is 18.9 Å². The topological polar surface area (TPSA) is 33.7 Å². The summed E-state index contributed by atoms with van der Waals surface area (Å²) >= 11 is 6.17. The standard InChI is InChI=1S/C14H21ClN2O2/c1-17-6-4-5-10(9-17)16-12-7-11(15)13(18-2)8-14(12)19-3/h7-8,10,16H,4-6,9H2,1-3H3. The maximum absolute atomic E-state index is 6.17. The maximum atomic E-state index is 6.17. The smallest absolute Gasteiger partial charge is 0.145 e. The third-order valence-electron chi connectivity index (χ3n) is 3.46. The molecule has 1 aliphatic rings. The second kappa shape index (κ2) is 6.35. The van der Waals surface area contributed by atoms with Gasteiger partial charge in [-0.25, -0.2) is 0 Å². The fraction of sp³-hybridized carbons (Fsp3) is 0.571. The van der Waals surface area contributed by atoms with Gasteiger partial charge in [0.15, 0.2) is 0 Å². The number of ether oxygens (including phenoxy) is 2. The van der Waals surface area contributed by atoms with Gasteiger partial charge in [0.1, 0.15) is 11.5 Å². The summed E-state index contributed by atoms with van der Waals surface area (Å²) in [6.45, 7) is 2.20. The lowest BCUT2D eigenvalue weighted by Crippen LogP contribution is -2.39. The number of likely N-dealkylation sites (N-methyl/N-ethyl adjacent to an activating group) is 1. The monoisotopic (exact) mass is 284 g/mol. The van der Waals surface area contributed by atoms with Gasteiger partial charge in [0.2, 0.25) is 0 Å². The highest BCUT2D eigenvalue weighted by Gasteiger charge is 2.19. The van der Waals surface area contributed by atoms with Crippen LogP contribution in [0.3, 0.4) is 0 Å². The molecular weight excluding hydrogens is 264 g/mol. The maximum Gasteiger partial charge on any atom is 0.145 e. The first kappa shape index (κ1) is 14.3. The molecule has 19 heavy (non-hydrogen) atoms. The molecule has 1 heterocycles. The number of nitrogens with zero attached hydrogens (tertiary/aromatic N) is 1. The van der Waals surface area contributed by atoms with Crippen molar-refractivity contribution in [1.29, 1.82) is 0 Å². The van der Waals surface area contributed by atoms with Crippen molar-refractivity contribution in [3.63, 3.8) is 0 Å². The number of benzene rings is 1. The molecule has 5 heteroatoms. The number of nitrogens with one attached hydrogen (secondary N) is 1. The highest BCUT2D eigenvalue weighted by Crippen LogP contribution is 2.36. The number of anilines is 1. The molecule has 106 valence electrons. The summed E-state index contributed by atoms with van der Waals surface area (Å²) in [5, 5.41) is 4.11. The zero-order chi connectivity index (χ0) is 13.8. The summed E-state index contributed by atoms with van der Waals surface area (Å²) in [6.07, 6.45) is 2.37. The Morgan fingerprint density at radius 3 is 2.63 bits per heavy atom. The summed E-state index contributed by atoms with van der Waals surface area (Å²) in [5.74, 6) is 1.39. The molecule has 1 saturated heterocycles. The van der Waals surface area contributed by atoms with Crippen LogP contribution in [0.4, 0.5) is 5.69 Å². The summed E-state index contributed by atoms with van der Waals surface area (Å²) in [5.41, 5.74) is 0.925. The van der Waals surface area contributed by atoms with Crippen LogP contribution in [0.1, 0.15) is 12.8 Å². The summed E-state index contributed by atoms with van der Waals surface area (Å²) < 4.78 is 10.6. The fourth-order valence-corrected chi connectivity index (χ4v) is 2.72. The molecule has 1 N–H and O–H groups in total. The van der Waals surface area contributed by atoms with E-state index in [4.69, 9.17) is 21.1 Å². The lowest BCUT2D eigenvalue weighted by Gasteiger charge is -2.31. The van der Waals surface area contributed by atoms with Gasteiger partial charge in [0.05, 0.1) is 24.9 Å². The Morgan fingerprint density at radius 1 is 1.26 bits per heavy atom. The molecule has 1 aromatic rings. The Bertz CT molecular complexity index is 440. The third-order valence-corrected chi connectivity index (χ3v) is 3.75. The van der Waals surface area contributed by atoms with Gasteiger partial charge < -0.3 is 19.7 Å². The Labute approximate surface area is 119 Å². The van der Waals surface area contributed by atoms with Crippen molar-refractivity contribution in [3.8, 4) is 11.5 Å². The lowest BCUT2D eigenvalue weighted by molar-refractivity contribution is 0.260. The highest BCUT2D eigenvalue weighted by atomic mass is 35.5. The summed E-state index contributed by atoms with van der Waals surface area (Å²) in [4.78, 5) is 2.33. The van der Waals surface area contributed by atoms with Crippen LogP contribution in [0, 0.1) is 0 Å². The van der Waals surface area contributed by atoms with E-state index in [2.05, 4.69) is 17.3 Å². The van der Waals surface area contributed by atoms with E-state index in [0.717, 1.165) is 24.4 Å². The van der Waals surface area contributed by atoms with Gasteiger partial charge in [-0.2, -0.15) is 0 Å². The van der Waals surface area contributed by atoms with Crippen molar-refractivity contribution in [2.75, 3.05) is 39.7 Å². The van der Waals surface area contributed by atoms with E-state index >= 15 is 0 Å². The van der Waals surface area contributed by atoms with Crippen LogP contribution >= 0.6 is 11.6 Å². The number of hydrogen-bond acceptors (Lipinski definition) is 4. The third kappa shape index (κ3) is 3.45. The van der Waals surface area contributed by atoms with E-state index in [1.54, 1.807) is 14.2 Å². The van der Waals surface area contributed by atoms with Crippen LogP contribution in [0.5, 0.6) is 11.5 Å². The number of piperidine rings is 1. The first-order chi connectivity index (χ1) is 9.13. The van der Waals surface area contributed by atoms with Gasteiger partial charge in [-0.05, 0) is 32.5 Å². The van der Waals surface area contributed by atoms with E-state index in [0.29, 0.717) is 16.8 Å². The Morgan fingerprint density at radius 2 is 2.00 bits per heavy atom. The zero-order valence-corrected chi connectivity index (χ0v) is 12.5. The molecule has 4 nitrogen and oxygen atoms in total. The molecule has 1 unspecified atom stereocenters. The van der Waals surface area contributed by atoms with E-state index < -0.39 is 0 Å². The van der Waals surface area contributed by atoms with Crippen LogP contribution < -0.4 is 14.8 Å². The van der Waals surface area contributed by atoms with Gasteiger partial charge >= 0.3 is 0 Å². The van der Waals surface area contributed by atoms with Gasteiger partial charge in [-0.3, -0.25) is 0 Å². The molecule has 0 radical (unpaired) electrons. The average Bonchev–Trinajstić information content (AvgIpc) is 2.39. The number of halogens is 1. The molecule has 0 bridgehead atoms. The average molecular weight is 285 g/mol. The van der Waals surface area contributed by atoms with Gasteiger partial charge in [0.25, 0.3) is 0 Å². The number of likely N-dealkylation sites (tertiary alicyclic amines) is 1. The normalized spacial score (nSPS) is 20.1. The summed E-state index contributed by atoms with van der Waals surface area (Å²) in [6, 6.07) is 4.11. The van der Waals surface area contributed by atoms with Gasteiger partial charge in [-0.1, -0.05) is 11.6 Å². The Kier molecular flexibility index (Phi) is 4.77. The second-order valence-corrected chi connectivity index (χ2v) is 5.34. The number of methoxy groups -OCH3 is 2. The predicted octanol–water partition coefficient (Wildman–Crippen LogP) is 2.86. The Hall–Kier alpha value is -1.13. The largest absolute Gasteiger partial charge is 0.495 e. The van der Waals surface area contributed by atoms with E-state index in [-0.39, 0.29) is 0 Å². The van der Waals surface area contributed by atoms with Crippen molar-refractivity contribution in [2.24, 2.45) is 0 Å². The van der Waals surface area contributed by atoms with Crippen LogP contribution in [-0.4, -0.2) is 45.3 Å². The first-order valence-corrected chi connectivity index (χ1v) is 6.88. The lowest BCUT2D eigenvalue weighted by atomic mass is 10.1. The molecule has 1 fully saturated rings. The predicted molar refractivity (Wildman–Crippen MR) is 78.7 cm³/mol. The van der Waals surface area contributed by atoms with Crippen molar-refractivity contribution in [1.82, 2.24) is 4.90 Å². The summed E-state index contributed by atoms with van der Waals surface area (Å²) in [7, 11) is 5.40. The molecule has 0 aliphatic carbocycles. The minimum Gasteiger partial charge on any atom is -0.495 e. The number of hydrogen-bond donors (Lipinski definition) is 1. The van der Waals surface area contributed by atoms with Crippen LogP contribution in [0.25, 0.3) is 0 Å². The molecule has 1 atom stereocenters. The molecule has 0 spiro atoms. The molecule has 0 amide bonds. The van der Waals surface area contributed by atoms with Crippen molar-refractivity contribution < 1.29 is 9.47 Å². The molecule has 1 aromatic carbocycles. The minimum absolute atomic E-state index is 0.428. The van der Waals surface area contributed by atoms with Crippen LogP contribution in [0.15, 0.2) is 12.1 Å². The van der Waals surface area contributed by atoms with Gasteiger partial charge in [0, 0.05) is 18.7 Å². The van der Waals surface area contributed by atoms with E-state index in [1.807, 2.05) is 12.1 Å². The Balaban J connectivity index is 2.16. The molecule has 0 aromatic heterocycles. The minimum atomic E-state index is 0.428. The number of rotatable bonds is 4. The first-order valence-electron chi connectivity index (χ1n) is 6.50. The van der Waals surface area contributed by atoms with Crippen molar-refractivity contribution in [3.05, 3.63) is 17.2 Å². The van der Waals surface area contributed by atoms with Crippen molar-refractivity contribution >= 4 is 17.3 Å². The molecule has 2 rings (SSSR count). The zero-order valence-electron chi connectivity index (χ0n) is 11.7. The molecule has 1 aliphatic heterocycles. The quantitative estimate of drug-likeness (QED) is 0.922. The van der Waals surface area contributed by atoms with E-state index in [1.165, 1.54) is 13.0 Å². The fourth-order valence-electron chi connectivity index (χ4n) is 2.48. The molecule has 0 saturated carbocycles. The second-order valence-electron chi connectivity index (χ2n) is 4.93. The molecular formula is C14H21ClN2O2.